The van der Waals surface area contributed by atoms with Gasteiger partial charge in [0.05, 0.1) is 8.07 Å². The Labute approximate surface area is 77.7 Å². The van der Waals surface area contributed by atoms with Gasteiger partial charge in [0, 0.05) is 0 Å². The summed E-state index contributed by atoms with van der Waals surface area (Å²) in [6.07, 6.45) is 6.27. The van der Waals surface area contributed by atoms with Crippen LogP contribution in [0, 0.1) is 0 Å². The van der Waals surface area contributed by atoms with Gasteiger partial charge in [-0.05, 0) is 12.8 Å². The van der Waals surface area contributed by atoms with Crippen LogP contribution in [0.25, 0.3) is 0 Å². The molecule has 68 valence electrons. The van der Waals surface area contributed by atoms with Gasteiger partial charge in [0.2, 0.25) is 0 Å². The Balaban J connectivity index is 3.93. The highest BCUT2D eigenvalue weighted by atomic mass is 28.3. The van der Waals surface area contributed by atoms with Crippen LogP contribution in [0.1, 0.15) is 12.8 Å². The minimum absolute atomic E-state index is 1.13. The van der Waals surface area contributed by atoms with Gasteiger partial charge < -0.3 is 0 Å². The molecule has 0 atom stereocenters. The van der Waals surface area contributed by atoms with E-state index in [-0.39, 0.29) is 0 Å². The van der Waals surface area contributed by atoms with E-state index in [1.807, 2.05) is 12.2 Å². The fraction of sp³-hybridized carbons (Fsp3) is 0.455. The molecule has 0 unspecified atom stereocenters. The predicted molar refractivity (Wildman–Crippen MR) is 61.1 cm³/mol. The van der Waals surface area contributed by atoms with Crippen molar-refractivity contribution in [2.24, 2.45) is 0 Å². The van der Waals surface area contributed by atoms with Gasteiger partial charge in [-0.2, -0.15) is 0 Å². The van der Waals surface area contributed by atoms with E-state index in [2.05, 4.69) is 32.0 Å². The molecular formula is C11H20Si. The van der Waals surface area contributed by atoms with Crippen LogP contribution < -0.4 is 0 Å². The SMILES string of the molecule is C=CCC[Si](C)(C=C)CCC=C. The molecule has 1 heteroatoms. The zero-order chi connectivity index (χ0) is 9.45. The first-order valence-electron chi connectivity index (χ1n) is 4.54. The molecule has 0 bridgehead atoms. The van der Waals surface area contributed by atoms with E-state index < -0.39 is 8.07 Å². The van der Waals surface area contributed by atoms with Crippen molar-refractivity contribution < 1.29 is 0 Å². The lowest BCUT2D eigenvalue weighted by molar-refractivity contribution is 1.09. The summed E-state index contributed by atoms with van der Waals surface area (Å²) in [5, 5.41) is 0. The summed E-state index contributed by atoms with van der Waals surface area (Å²) in [5.74, 6) is 0. The minimum atomic E-state index is -1.14. The number of rotatable bonds is 7. The first-order valence-corrected chi connectivity index (χ1v) is 7.53. The Morgan fingerprint density at radius 1 is 1.00 bits per heavy atom. The normalized spacial score (nSPS) is 10.8. The Morgan fingerprint density at radius 2 is 1.42 bits per heavy atom. The fourth-order valence-corrected chi connectivity index (χ4v) is 3.58. The van der Waals surface area contributed by atoms with Crippen molar-refractivity contribution in [2.45, 2.75) is 31.5 Å². The zero-order valence-corrected chi connectivity index (χ0v) is 9.18. The van der Waals surface area contributed by atoms with Crippen LogP contribution in [-0.4, -0.2) is 8.07 Å². The Kier molecular flexibility index (Phi) is 5.73. The van der Waals surface area contributed by atoms with E-state index >= 15 is 0 Å². The second-order valence-corrected chi connectivity index (χ2v) is 8.23. The molecule has 0 fully saturated rings. The molecule has 0 aliphatic carbocycles. The summed E-state index contributed by atoms with van der Waals surface area (Å²) < 4.78 is 0. The summed E-state index contributed by atoms with van der Waals surface area (Å²) >= 11 is 0. The van der Waals surface area contributed by atoms with E-state index in [1.54, 1.807) is 0 Å². The Morgan fingerprint density at radius 3 is 1.67 bits per heavy atom. The highest BCUT2D eigenvalue weighted by Gasteiger charge is 2.20. The molecule has 0 radical (unpaired) electrons. The Hall–Kier alpha value is -0.563. The third-order valence-electron chi connectivity index (χ3n) is 2.33. The van der Waals surface area contributed by atoms with Crippen molar-refractivity contribution in [3.8, 4) is 0 Å². The maximum Gasteiger partial charge on any atom is 0.0746 e. The maximum absolute atomic E-state index is 3.93. The molecule has 0 aromatic carbocycles. The lowest BCUT2D eigenvalue weighted by Crippen LogP contribution is -2.26. The van der Waals surface area contributed by atoms with Crippen LogP contribution in [0.2, 0.25) is 18.6 Å². The third-order valence-corrected chi connectivity index (χ3v) is 6.18. The van der Waals surface area contributed by atoms with Gasteiger partial charge >= 0.3 is 0 Å². The molecule has 0 nitrogen and oxygen atoms in total. The van der Waals surface area contributed by atoms with Crippen LogP contribution in [0.3, 0.4) is 0 Å². The highest BCUT2D eigenvalue weighted by molar-refractivity contribution is 6.83. The topological polar surface area (TPSA) is 0 Å². The highest BCUT2D eigenvalue weighted by Crippen LogP contribution is 2.20. The van der Waals surface area contributed by atoms with Crippen molar-refractivity contribution in [2.75, 3.05) is 0 Å². The first kappa shape index (κ1) is 11.4. The predicted octanol–water partition coefficient (Wildman–Crippen LogP) is 3.94. The van der Waals surface area contributed by atoms with Gasteiger partial charge in [-0.1, -0.05) is 30.8 Å². The fourth-order valence-electron chi connectivity index (χ4n) is 1.19. The van der Waals surface area contributed by atoms with Crippen LogP contribution in [0.5, 0.6) is 0 Å². The molecule has 0 heterocycles. The number of hydrogen-bond donors (Lipinski definition) is 0. The van der Waals surface area contributed by atoms with E-state index in [9.17, 15) is 0 Å². The van der Waals surface area contributed by atoms with Crippen molar-refractivity contribution >= 4 is 8.07 Å². The van der Waals surface area contributed by atoms with Gasteiger partial charge in [-0.25, -0.2) is 0 Å². The molecule has 0 aromatic rings. The van der Waals surface area contributed by atoms with Crippen molar-refractivity contribution in [1.82, 2.24) is 0 Å². The number of allylic oxidation sites excluding steroid dienone is 2. The molecule has 0 aliphatic rings. The summed E-state index contributed by atoms with van der Waals surface area (Å²) in [6, 6.07) is 2.57. The summed E-state index contributed by atoms with van der Waals surface area (Å²) in [5.41, 5.74) is 2.19. The molecule has 0 aliphatic heterocycles. The number of hydrogen-bond acceptors (Lipinski definition) is 0. The van der Waals surface area contributed by atoms with Crippen molar-refractivity contribution in [3.63, 3.8) is 0 Å². The zero-order valence-electron chi connectivity index (χ0n) is 8.18. The minimum Gasteiger partial charge on any atom is -0.107 e. The quantitative estimate of drug-likeness (QED) is 0.411. The van der Waals surface area contributed by atoms with E-state index in [0.29, 0.717) is 0 Å². The van der Waals surface area contributed by atoms with Gasteiger partial charge in [0.15, 0.2) is 0 Å². The molecule has 0 aromatic heterocycles. The van der Waals surface area contributed by atoms with Crippen LogP contribution >= 0.6 is 0 Å². The molecule has 0 spiro atoms. The molecule has 0 saturated carbocycles. The maximum atomic E-state index is 3.93. The van der Waals surface area contributed by atoms with Crippen LogP contribution in [0.4, 0.5) is 0 Å². The lowest BCUT2D eigenvalue weighted by atomic mass is 10.5. The molecule has 0 amide bonds. The average Bonchev–Trinajstić information content (AvgIpc) is 2.11. The van der Waals surface area contributed by atoms with Gasteiger partial charge in [-0.3, -0.25) is 0 Å². The van der Waals surface area contributed by atoms with Crippen molar-refractivity contribution in [3.05, 3.63) is 37.6 Å². The van der Waals surface area contributed by atoms with Gasteiger partial charge in [0.25, 0.3) is 0 Å². The summed E-state index contributed by atoms with van der Waals surface area (Å²) in [4.78, 5) is 0. The lowest BCUT2D eigenvalue weighted by Gasteiger charge is -2.21. The first-order chi connectivity index (χ1) is 5.68. The monoisotopic (exact) mass is 180 g/mol. The van der Waals surface area contributed by atoms with Crippen LogP contribution in [-0.2, 0) is 0 Å². The smallest absolute Gasteiger partial charge is 0.0746 e. The Bertz CT molecular complexity index is 146. The largest absolute Gasteiger partial charge is 0.107 e. The standard InChI is InChI=1S/C11H20Si/c1-5-8-10-12(4,7-3)11-9-6-2/h5-7H,1-3,8-11H2,4H3. The molecule has 0 rings (SSSR count). The summed E-state index contributed by atoms with van der Waals surface area (Å²) in [7, 11) is -1.14. The van der Waals surface area contributed by atoms with Crippen LogP contribution in [0.15, 0.2) is 37.6 Å². The second-order valence-electron chi connectivity index (χ2n) is 3.51. The molecule has 0 saturated heterocycles. The summed E-state index contributed by atoms with van der Waals surface area (Å²) in [6.45, 7) is 13.8. The molecule has 12 heavy (non-hydrogen) atoms. The van der Waals surface area contributed by atoms with E-state index in [1.165, 1.54) is 12.1 Å². The molecule has 0 N–H and O–H groups in total. The average molecular weight is 180 g/mol. The van der Waals surface area contributed by atoms with Gasteiger partial charge in [0.1, 0.15) is 0 Å². The second kappa shape index (κ2) is 6.01. The van der Waals surface area contributed by atoms with Gasteiger partial charge in [-0.15, -0.1) is 25.4 Å². The molecular weight excluding hydrogens is 160 g/mol. The van der Waals surface area contributed by atoms with E-state index in [0.717, 1.165) is 12.8 Å². The van der Waals surface area contributed by atoms with Crippen molar-refractivity contribution in [1.29, 1.82) is 0 Å². The van der Waals surface area contributed by atoms with E-state index in [4.69, 9.17) is 0 Å². The third kappa shape index (κ3) is 4.34.